The number of hydrogen-bond acceptors (Lipinski definition) is 3. The first-order valence-electron chi connectivity index (χ1n) is 0.612. The Bertz CT molecular complexity index is 33.8. The quantitative estimate of drug-likeness (QED) is 0.355. The average molecular weight is 156 g/mol. The van der Waals surface area contributed by atoms with Gasteiger partial charge in [0.05, 0.1) is 0 Å². The smallest absolute Gasteiger partial charge is 0.652 e. The Kier molecular flexibility index (Phi) is 24.7. The third kappa shape index (κ3) is 75.2. The maximum atomic E-state index is 8.33. The second-order valence-corrected chi connectivity index (χ2v) is 0.250. The van der Waals surface area contributed by atoms with Gasteiger partial charge in [0, 0.05) is 17.1 Å². The normalized spacial score (nSPS) is 4.00. The summed E-state index contributed by atoms with van der Waals surface area (Å²) in [7, 11) is 0. The molecule has 0 aliphatic carbocycles. The van der Waals surface area contributed by atoms with Crippen molar-refractivity contribution in [1.29, 1.82) is 0 Å². The zero-order valence-electron chi connectivity index (χ0n) is 2.79. The second-order valence-electron chi connectivity index (χ2n) is 0.250. The van der Waals surface area contributed by atoms with Crippen LogP contribution in [0.15, 0.2) is 0 Å². The van der Waals surface area contributed by atoms with Gasteiger partial charge in [-0.1, -0.05) is 0 Å². The molecule has 0 heterocycles. The fourth-order valence-electron chi connectivity index (χ4n) is 0. The summed E-state index contributed by atoms with van der Waals surface area (Å²) >= 11 is 0. The monoisotopic (exact) mass is 156 g/mol. The molecule has 3 nitrogen and oxygen atoms in total. The second kappa shape index (κ2) is 9.41. The number of hydrogen-bond donors (Lipinski definition) is 0. The number of carbonyl (C=O) groups excluding carboxylic acids is 1. The predicted octanol–water partition coefficient (Wildman–Crippen LogP) is -2.83. The molecule has 0 saturated carbocycles. The minimum absolute atomic E-state index is 0. The van der Waals surface area contributed by atoms with Crippen LogP contribution in [0.25, 0.3) is 0 Å². The average Bonchev–Trinajstić information content (AvgIpc) is 0.811. The molecule has 0 saturated heterocycles. The van der Waals surface area contributed by atoms with Gasteiger partial charge in [-0.2, -0.15) is 0 Å². The minimum atomic E-state index is -2.33. The zero-order chi connectivity index (χ0) is 3.58. The summed E-state index contributed by atoms with van der Waals surface area (Å²) in [5.74, 6) is 0. The minimum Gasteiger partial charge on any atom is -0.652 e. The van der Waals surface area contributed by atoms with E-state index in [9.17, 15) is 0 Å². The van der Waals surface area contributed by atoms with E-state index in [1.165, 1.54) is 0 Å². The van der Waals surface area contributed by atoms with Crippen molar-refractivity contribution < 1.29 is 32.1 Å². The Labute approximate surface area is 75.2 Å². The molecule has 0 bridgehead atoms. The Hall–Kier alpha value is 1.05. The van der Waals surface area contributed by atoms with Gasteiger partial charge >= 0.3 is 37.7 Å². The fraction of sp³-hybridized carbons (Fsp3) is 0. The zero-order valence-corrected chi connectivity index (χ0v) is 6.10. The molecule has 5 heteroatoms. The van der Waals surface area contributed by atoms with E-state index in [1.807, 2.05) is 0 Å². The molecule has 0 spiro atoms. The van der Waals surface area contributed by atoms with Crippen molar-refractivity contribution >= 4 is 43.9 Å². The molecule has 0 aromatic heterocycles. The van der Waals surface area contributed by atoms with Gasteiger partial charge in [-0.3, -0.25) is 0 Å². The maximum Gasteiger partial charge on any atom is 2.00 e. The van der Waals surface area contributed by atoms with Gasteiger partial charge in [-0.15, -0.1) is 0 Å². The van der Waals surface area contributed by atoms with Crippen molar-refractivity contribution in [3.05, 3.63) is 0 Å². The number of carboxylic acid groups (broad SMARTS) is 2. The standard InChI is InChI=1S/CH2O3.Ca.Fe/c2-1(3)4;;/h(H2,2,3,4);;/q;+2;/p-2. The molecule has 0 unspecified atom stereocenters. The molecule has 0 atom stereocenters. The van der Waals surface area contributed by atoms with Crippen molar-refractivity contribution in [1.82, 2.24) is 0 Å². The Morgan fingerprint density at radius 2 is 1.33 bits per heavy atom. The van der Waals surface area contributed by atoms with Crippen LogP contribution in [-0.4, -0.2) is 43.9 Å². The Balaban J connectivity index is -0.0000000450. The van der Waals surface area contributed by atoms with E-state index in [4.69, 9.17) is 15.0 Å². The molecule has 0 rings (SSSR count). The van der Waals surface area contributed by atoms with E-state index < -0.39 is 6.16 Å². The molecular weight excluding hydrogens is 156 g/mol. The summed E-state index contributed by atoms with van der Waals surface area (Å²) in [6.07, 6.45) is -2.33. The molecule has 0 amide bonds. The van der Waals surface area contributed by atoms with Crippen LogP contribution in [-0.2, 0) is 17.1 Å². The first-order chi connectivity index (χ1) is 1.73. The topological polar surface area (TPSA) is 63.2 Å². The summed E-state index contributed by atoms with van der Waals surface area (Å²) in [6.45, 7) is 0. The Morgan fingerprint density at radius 1 is 1.33 bits per heavy atom. The van der Waals surface area contributed by atoms with E-state index in [-0.39, 0.29) is 54.8 Å². The van der Waals surface area contributed by atoms with Crippen LogP contribution in [0.2, 0.25) is 0 Å². The van der Waals surface area contributed by atoms with E-state index in [0.29, 0.717) is 0 Å². The van der Waals surface area contributed by atoms with Crippen molar-refractivity contribution in [3.63, 3.8) is 0 Å². The Morgan fingerprint density at radius 3 is 1.33 bits per heavy atom. The van der Waals surface area contributed by atoms with Crippen molar-refractivity contribution in [2.24, 2.45) is 0 Å². The van der Waals surface area contributed by atoms with Gasteiger partial charge in [0.15, 0.2) is 0 Å². The number of rotatable bonds is 0. The molecule has 0 radical (unpaired) electrons. The maximum absolute atomic E-state index is 8.33. The molecule has 0 aromatic carbocycles. The van der Waals surface area contributed by atoms with Crippen molar-refractivity contribution in [2.75, 3.05) is 0 Å². The first-order valence-corrected chi connectivity index (χ1v) is 0.612. The van der Waals surface area contributed by atoms with Gasteiger partial charge in [0.2, 0.25) is 0 Å². The molecule has 0 N–H and O–H groups in total. The van der Waals surface area contributed by atoms with Gasteiger partial charge in [0.25, 0.3) is 0 Å². The van der Waals surface area contributed by atoms with Gasteiger partial charge in [0.1, 0.15) is 0 Å². The fourth-order valence-corrected chi connectivity index (χ4v) is 0. The predicted molar refractivity (Wildman–Crippen MR) is 11.1 cm³/mol. The molecule has 0 aromatic rings. The van der Waals surface area contributed by atoms with Crippen LogP contribution >= 0.6 is 0 Å². The van der Waals surface area contributed by atoms with E-state index in [2.05, 4.69) is 0 Å². The summed E-state index contributed by atoms with van der Waals surface area (Å²) in [6, 6.07) is 0. The van der Waals surface area contributed by atoms with Crippen LogP contribution in [0, 0.1) is 0 Å². The van der Waals surface area contributed by atoms with Crippen molar-refractivity contribution in [3.8, 4) is 0 Å². The van der Waals surface area contributed by atoms with Gasteiger partial charge in [-0.25, -0.2) is 0 Å². The number of carbonyl (C=O) groups is 1. The largest absolute Gasteiger partial charge is 2.00 e. The summed E-state index contributed by atoms with van der Waals surface area (Å²) < 4.78 is 0. The SMILES string of the molecule is O=C([O-])[O-].[Ca+2].[Fe]. The van der Waals surface area contributed by atoms with Crippen LogP contribution in [0.3, 0.4) is 0 Å². The van der Waals surface area contributed by atoms with Gasteiger partial charge < -0.3 is 15.0 Å². The third-order valence-corrected chi connectivity index (χ3v) is 0. The molecule has 6 heavy (non-hydrogen) atoms. The van der Waals surface area contributed by atoms with Crippen molar-refractivity contribution in [2.45, 2.75) is 0 Å². The molecule has 32 valence electrons. The van der Waals surface area contributed by atoms with E-state index >= 15 is 0 Å². The molecule has 0 aliphatic heterocycles. The van der Waals surface area contributed by atoms with Crippen LogP contribution in [0.1, 0.15) is 0 Å². The van der Waals surface area contributed by atoms with Crippen LogP contribution < -0.4 is 10.2 Å². The van der Waals surface area contributed by atoms with Gasteiger partial charge in [-0.05, 0) is 6.16 Å². The van der Waals surface area contributed by atoms with E-state index in [0.717, 1.165) is 0 Å². The first kappa shape index (κ1) is 15.7. The molecule has 0 fully saturated rings. The van der Waals surface area contributed by atoms with Crippen LogP contribution in [0.4, 0.5) is 4.79 Å². The van der Waals surface area contributed by atoms with Crippen LogP contribution in [0.5, 0.6) is 0 Å². The molecule has 0 aliphatic rings. The summed E-state index contributed by atoms with van der Waals surface area (Å²) in [5.41, 5.74) is 0. The molecular formula is CCaFeO3. The van der Waals surface area contributed by atoms with E-state index in [1.54, 1.807) is 0 Å². The summed E-state index contributed by atoms with van der Waals surface area (Å²) in [5, 5.41) is 16.7. The summed E-state index contributed by atoms with van der Waals surface area (Å²) in [4.78, 5) is 8.33. The third-order valence-electron chi connectivity index (χ3n) is 0.